The van der Waals surface area contributed by atoms with E-state index < -0.39 is 5.97 Å². The van der Waals surface area contributed by atoms with Gasteiger partial charge >= 0.3 is 5.97 Å². The maximum atomic E-state index is 10.6. The minimum Gasteiger partial charge on any atom is -0.481 e. The second-order valence-electron chi connectivity index (χ2n) is 3.68. The largest absolute Gasteiger partial charge is 0.481 e. The molecule has 0 fully saturated rings. The Morgan fingerprint density at radius 3 is 2.79 bits per heavy atom. The zero-order chi connectivity index (χ0) is 10.7. The van der Waals surface area contributed by atoms with E-state index >= 15 is 0 Å². The van der Waals surface area contributed by atoms with Crippen LogP contribution in [-0.2, 0) is 18.3 Å². The molecule has 0 bridgehead atoms. The van der Waals surface area contributed by atoms with Gasteiger partial charge in [0.15, 0.2) is 0 Å². The first-order valence-electron chi connectivity index (χ1n) is 4.73. The average molecular weight is 196 g/mol. The van der Waals surface area contributed by atoms with Gasteiger partial charge in [0, 0.05) is 12.7 Å². The van der Waals surface area contributed by atoms with E-state index in [4.69, 9.17) is 5.11 Å². The van der Waals surface area contributed by atoms with E-state index in [0.29, 0.717) is 6.42 Å². The fourth-order valence-corrected chi connectivity index (χ4v) is 1.39. The van der Waals surface area contributed by atoms with E-state index in [0.717, 1.165) is 17.8 Å². The molecule has 0 aliphatic heterocycles. The highest BCUT2D eigenvalue weighted by molar-refractivity contribution is 5.69. The van der Waals surface area contributed by atoms with Crippen molar-refractivity contribution in [1.29, 1.82) is 0 Å². The van der Waals surface area contributed by atoms with Gasteiger partial charge in [-0.3, -0.25) is 9.48 Å². The molecule has 0 saturated heterocycles. The van der Waals surface area contributed by atoms with Crippen LogP contribution in [0.3, 0.4) is 0 Å². The molecule has 4 nitrogen and oxygen atoms in total. The van der Waals surface area contributed by atoms with Crippen molar-refractivity contribution in [2.45, 2.75) is 26.7 Å². The Hall–Kier alpha value is -1.32. The number of hydrogen-bond acceptors (Lipinski definition) is 2. The van der Waals surface area contributed by atoms with Crippen LogP contribution in [0.15, 0.2) is 6.07 Å². The molecule has 1 N–H and O–H groups in total. The first-order chi connectivity index (χ1) is 6.50. The lowest BCUT2D eigenvalue weighted by atomic mass is 10.0. The number of aryl methyl sites for hydroxylation is 3. The molecule has 1 aromatic rings. The van der Waals surface area contributed by atoms with Crippen LogP contribution in [0.4, 0.5) is 0 Å². The van der Waals surface area contributed by atoms with Crippen LogP contribution >= 0.6 is 0 Å². The Morgan fingerprint density at radius 1 is 1.71 bits per heavy atom. The molecule has 78 valence electrons. The van der Waals surface area contributed by atoms with Crippen molar-refractivity contribution in [2.75, 3.05) is 0 Å². The van der Waals surface area contributed by atoms with E-state index in [2.05, 4.69) is 5.10 Å². The molecule has 14 heavy (non-hydrogen) atoms. The van der Waals surface area contributed by atoms with E-state index in [-0.39, 0.29) is 5.92 Å². The molecule has 1 rings (SSSR count). The quantitative estimate of drug-likeness (QED) is 0.791. The number of nitrogens with zero attached hydrogens (tertiary/aromatic N) is 2. The van der Waals surface area contributed by atoms with Crippen molar-refractivity contribution in [3.05, 3.63) is 17.5 Å². The molecular weight excluding hydrogens is 180 g/mol. The Bertz CT molecular complexity index is 331. The number of rotatable bonds is 4. The lowest BCUT2D eigenvalue weighted by molar-refractivity contribution is -0.141. The van der Waals surface area contributed by atoms with Crippen molar-refractivity contribution in [1.82, 2.24) is 9.78 Å². The second-order valence-corrected chi connectivity index (χ2v) is 3.68. The monoisotopic (exact) mass is 196 g/mol. The van der Waals surface area contributed by atoms with Crippen molar-refractivity contribution in [2.24, 2.45) is 13.0 Å². The number of aliphatic carboxylic acids is 1. The Morgan fingerprint density at radius 2 is 2.36 bits per heavy atom. The lowest BCUT2D eigenvalue weighted by Crippen LogP contribution is -2.11. The van der Waals surface area contributed by atoms with Crippen molar-refractivity contribution < 1.29 is 9.90 Å². The van der Waals surface area contributed by atoms with Crippen molar-refractivity contribution >= 4 is 5.97 Å². The van der Waals surface area contributed by atoms with E-state index in [1.807, 2.05) is 24.7 Å². The normalized spacial score (nSPS) is 12.8. The molecule has 0 aromatic carbocycles. The van der Waals surface area contributed by atoms with Gasteiger partial charge in [-0.15, -0.1) is 0 Å². The summed E-state index contributed by atoms with van der Waals surface area (Å²) in [7, 11) is 1.88. The maximum absolute atomic E-state index is 10.6. The standard InChI is InChI=1S/C10H16N2O2/c1-7(10(13)14)4-5-9-6-8(2)11-12(9)3/h6-7H,4-5H2,1-3H3,(H,13,14). The Kier molecular flexibility index (Phi) is 3.28. The third kappa shape index (κ3) is 2.58. The first kappa shape index (κ1) is 10.8. The van der Waals surface area contributed by atoms with Gasteiger partial charge in [0.25, 0.3) is 0 Å². The summed E-state index contributed by atoms with van der Waals surface area (Å²) in [5.74, 6) is -1.02. The summed E-state index contributed by atoms with van der Waals surface area (Å²) >= 11 is 0. The lowest BCUT2D eigenvalue weighted by Gasteiger charge is -2.05. The van der Waals surface area contributed by atoms with Gasteiger partial charge in [0.05, 0.1) is 11.6 Å². The smallest absolute Gasteiger partial charge is 0.306 e. The highest BCUT2D eigenvalue weighted by atomic mass is 16.4. The predicted octanol–water partition coefficient (Wildman–Crippen LogP) is 1.38. The second kappa shape index (κ2) is 4.26. The molecule has 4 heteroatoms. The maximum Gasteiger partial charge on any atom is 0.306 e. The number of aromatic nitrogens is 2. The van der Waals surface area contributed by atoms with Gasteiger partial charge in [-0.25, -0.2) is 0 Å². The van der Waals surface area contributed by atoms with Crippen LogP contribution in [0.5, 0.6) is 0 Å². The molecule has 1 unspecified atom stereocenters. The first-order valence-corrected chi connectivity index (χ1v) is 4.73. The highest BCUT2D eigenvalue weighted by Gasteiger charge is 2.11. The molecular formula is C10H16N2O2. The van der Waals surface area contributed by atoms with Crippen LogP contribution < -0.4 is 0 Å². The van der Waals surface area contributed by atoms with Gasteiger partial charge in [0.1, 0.15) is 0 Å². The summed E-state index contributed by atoms with van der Waals surface area (Å²) < 4.78 is 1.81. The molecule has 0 amide bonds. The average Bonchev–Trinajstić information content (AvgIpc) is 2.40. The van der Waals surface area contributed by atoms with E-state index in [1.165, 1.54) is 0 Å². The van der Waals surface area contributed by atoms with Crippen LogP contribution in [0.25, 0.3) is 0 Å². The van der Waals surface area contributed by atoms with Crippen LogP contribution in [0.2, 0.25) is 0 Å². The summed E-state index contributed by atoms with van der Waals surface area (Å²) in [5.41, 5.74) is 2.07. The molecule has 0 saturated carbocycles. The fourth-order valence-electron chi connectivity index (χ4n) is 1.39. The highest BCUT2D eigenvalue weighted by Crippen LogP contribution is 2.10. The Labute approximate surface area is 83.5 Å². The molecule has 0 aliphatic carbocycles. The number of carboxylic acid groups (broad SMARTS) is 1. The van der Waals surface area contributed by atoms with Gasteiger partial charge in [-0.1, -0.05) is 6.92 Å². The van der Waals surface area contributed by atoms with Crippen LogP contribution in [-0.4, -0.2) is 20.9 Å². The number of carboxylic acids is 1. The summed E-state index contributed by atoms with van der Waals surface area (Å²) in [6, 6.07) is 1.99. The number of hydrogen-bond donors (Lipinski definition) is 1. The minimum absolute atomic E-state index is 0.287. The van der Waals surface area contributed by atoms with Crippen molar-refractivity contribution in [3.8, 4) is 0 Å². The number of carbonyl (C=O) groups is 1. The van der Waals surface area contributed by atoms with Gasteiger partial charge < -0.3 is 5.11 Å². The van der Waals surface area contributed by atoms with Crippen molar-refractivity contribution in [3.63, 3.8) is 0 Å². The van der Waals surface area contributed by atoms with Crippen LogP contribution in [0.1, 0.15) is 24.7 Å². The topological polar surface area (TPSA) is 55.1 Å². The summed E-state index contributed by atoms with van der Waals surface area (Å²) in [4.78, 5) is 10.6. The SMILES string of the molecule is Cc1cc(CCC(C)C(=O)O)n(C)n1. The third-order valence-corrected chi connectivity index (χ3v) is 2.35. The third-order valence-electron chi connectivity index (χ3n) is 2.35. The summed E-state index contributed by atoms with van der Waals surface area (Å²) in [5, 5.41) is 12.9. The summed E-state index contributed by atoms with van der Waals surface area (Å²) in [6.07, 6.45) is 1.43. The van der Waals surface area contributed by atoms with Gasteiger partial charge in [-0.05, 0) is 25.8 Å². The predicted molar refractivity (Wildman–Crippen MR) is 53.1 cm³/mol. The van der Waals surface area contributed by atoms with Gasteiger partial charge in [-0.2, -0.15) is 5.10 Å². The Balaban J connectivity index is 2.53. The molecule has 0 aliphatic rings. The summed E-state index contributed by atoms with van der Waals surface area (Å²) in [6.45, 7) is 3.66. The van der Waals surface area contributed by atoms with E-state index in [9.17, 15) is 4.79 Å². The van der Waals surface area contributed by atoms with Gasteiger partial charge in [0.2, 0.25) is 0 Å². The van der Waals surface area contributed by atoms with E-state index in [1.54, 1.807) is 6.92 Å². The molecule has 0 spiro atoms. The zero-order valence-corrected chi connectivity index (χ0v) is 8.82. The minimum atomic E-state index is -0.733. The molecule has 1 heterocycles. The fraction of sp³-hybridized carbons (Fsp3) is 0.600. The molecule has 1 atom stereocenters. The molecule has 1 aromatic heterocycles. The zero-order valence-electron chi connectivity index (χ0n) is 8.82. The molecule has 0 radical (unpaired) electrons. The van der Waals surface area contributed by atoms with Crippen LogP contribution in [0, 0.1) is 12.8 Å².